The van der Waals surface area contributed by atoms with E-state index < -0.39 is 23.9 Å². The van der Waals surface area contributed by atoms with Crippen LogP contribution < -0.4 is 30.6 Å². The maximum Gasteiger partial charge on any atom is 0.573 e. The van der Waals surface area contributed by atoms with E-state index in [4.69, 9.17) is 4.74 Å². The summed E-state index contributed by atoms with van der Waals surface area (Å²) in [7, 11) is 1.50. The van der Waals surface area contributed by atoms with Crippen LogP contribution in [-0.4, -0.2) is 42.9 Å². The van der Waals surface area contributed by atoms with Crippen molar-refractivity contribution in [2.75, 3.05) is 35.7 Å². The van der Waals surface area contributed by atoms with Crippen LogP contribution in [0.15, 0.2) is 88.1 Å². The highest BCUT2D eigenvalue weighted by Crippen LogP contribution is 2.40. The van der Waals surface area contributed by atoms with Gasteiger partial charge in [-0.1, -0.05) is 6.07 Å². The van der Waals surface area contributed by atoms with Gasteiger partial charge < -0.3 is 29.6 Å². The molecule has 238 valence electrons. The Balaban J connectivity index is 1.30. The first-order valence-electron chi connectivity index (χ1n) is 14.4. The van der Waals surface area contributed by atoms with Crippen molar-refractivity contribution in [1.29, 1.82) is 0 Å². The maximum absolute atomic E-state index is 13.6. The predicted molar refractivity (Wildman–Crippen MR) is 170 cm³/mol. The van der Waals surface area contributed by atoms with Gasteiger partial charge in [0.2, 0.25) is 0 Å². The van der Waals surface area contributed by atoms with E-state index in [9.17, 15) is 27.6 Å². The summed E-state index contributed by atoms with van der Waals surface area (Å²) in [4.78, 5) is 41.6. The van der Waals surface area contributed by atoms with Crippen LogP contribution in [0, 0.1) is 5.92 Å². The summed E-state index contributed by atoms with van der Waals surface area (Å²) in [6.45, 7) is 1.83. The van der Waals surface area contributed by atoms with Gasteiger partial charge in [0.05, 0.1) is 24.0 Å². The summed E-state index contributed by atoms with van der Waals surface area (Å²) in [5.41, 5.74) is 2.86. The molecule has 2 atom stereocenters. The second kappa shape index (κ2) is 12.5. The number of ether oxygens (including phenoxy) is 2. The number of rotatable bonds is 7. The normalized spacial score (nSPS) is 17.1. The molecule has 0 radical (unpaired) electrons. The summed E-state index contributed by atoms with van der Waals surface area (Å²) >= 11 is 3.43. The van der Waals surface area contributed by atoms with E-state index in [-0.39, 0.29) is 28.6 Å². The number of fused-ring (bicyclic) bond motifs is 4. The van der Waals surface area contributed by atoms with Crippen molar-refractivity contribution in [3.8, 4) is 11.5 Å². The molecule has 46 heavy (non-hydrogen) atoms. The third-order valence-electron chi connectivity index (χ3n) is 8.09. The van der Waals surface area contributed by atoms with E-state index >= 15 is 0 Å². The van der Waals surface area contributed by atoms with E-state index in [1.807, 2.05) is 10.6 Å². The molecule has 13 heteroatoms. The number of hydrogen-bond donors (Lipinski definition) is 2. The molecule has 1 aromatic heterocycles. The molecular weight excluding hydrogens is 669 g/mol. The third-order valence-corrected chi connectivity index (χ3v) is 8.78. The van der Waals surface area contributed by atoms with Crippen molar-refractivity contribution in [3.63, 3.8) is 0 Å². The Bertz CT molecular complexity index is 1860. The van der Waals surface area contributed by atoms with Gasteiger partial charge in [0.25, 0.3) is 17.4 Å². The van der Waals surface area contributed by atoms with E-state index in [1.165, 1.54) is 19.2 Å². The minimum absolute atomic E-state index is 0.0182. The first-order chi connectivity index (χ1) is 22.0. The fourth-order valence-electron chi connectivity index (χ4n) is 6.08. The Kier molecular flexibility index (Phi) is 8.51. The molecule has 1 fully saturated rings. The van der Waals surface area contributed by atoms with Crippen LogP contribution in [0.4, 0.5) is 30.2 Å². The highest BCUT2D eigenvalue weighted by Gasteiger charge is 2.35. The fraction of sp³-hybridized carbons (Fsp3) is 0.242. The number of methoxy groups -OCH3 is 1. The van der Waals surface area contributed by atoms with Crippen LogP contribution in [0.2, 0.25) is 0 Å². The second-order valence-electron chi connectivity index (χ2n) is 11.2. The van der Waals surface area contributed by atoms with Crippen LogP contribution in [-0.2, 0) is 6.54 Å². The largest absolute Gasteiger partial charge is 0.573 e. The highest BCUT2D eigenvalue weighted by molar-refractivity contribution is 9.10. The molecule has 6 rings (SSSR count). The number of nitrogens with one attached hydrogen (secondary N) is 2. The summed E-state index contributed by atoms with van der Waals surface area (Å²) in [5.74, 6) is -0.579. The number of carbonyl (C=O) groups is 2. The molecule has 1 saturated heterocycles. The molecule has 2 aliphatic heterocycles. The van der Waals surface area contributed by atoms with Gasteiger partial charge in [0.1, 0.15) is 11.5 Å². The number of anilines is 3. The van der Waals surface area contributed by atoms with Gasteiger partial charge in [-0.05, 0) is 95.0 Å². The molecule has 3 heterocycles. The number of hydrogen-bond acceptors (Lipinski definition) is 6. The topological polar surface area (TPSA) is 102 Å². The third kappa shape index (κ3) is 6.74. The second-order valence-corrected chi connectivity index (χ2v) is 12.0. The molecule has 9 nitrogen and oxygen atoms in total. The van der Waals surface area contributed by atoms with Crippen molar-refractivity contribution in [3.05, 3.63) is 111 Å². The minimum Gasteiger partial charge on any atom is -0.497 e. The van der Waals surface area contributed by atoms with Gasteiger partial charge in [0, 0.05) is 53.0 Å². The maximum atomic E-state index is 13.6. The minimum atomic E-state index is -4.83. The zero-order valence-corrected chi connectivity index (χ0v) is 26.0. The number of piperidine rings is 1. The number of amides is 2. The first-order valence-corrected chi connectivity index (χ1v) is 15.2. The first kappa shape index (κ1) is 31.2. The van der Waals surface area contributed by atoms with Crippen molar-refractivity contribution >= 4 is 44.8 Å². The summed E-state index contributed by atoms with van der Waals surface area (Å²) in [6.07, 6.45) is -3.90. The number of alkyl halides is 3. The van der Waals surface area contributed by atoms with Crippen LogP contribution in [0.3, 0.4) is 0 Å². The number of aromatic nitrogens is 1. The van der Waals surface area contributed by atoms with Gasteiger partial charge in [0.15, 0.2) is 0 Å². The van der Waals surface area contributed by atoms with E-state index in [0.29, 0.717) is 46.8 Å². The van der Waals surface area contributed by atoms with Crippen molar-refractivity contribution in [1.82, 2.24) is 4.57 Å². The zero-order valence-electron chi connectivity index (χ0n) is 24.4. The molecule has 4 aromatic rings. The Hall–Kier alpha value is -4.78. The van der Waals surface area contributed by atoms with Crippen molar-refractivity contribution in [2.24, 2.45) is 5.92 Å². The molecule has 2 N–H and O–H groups in total. The lowest BCUT2D eigenvalue weighted by atomic mass is 9.83. The van der Waals surface area contributed by atoms with Gasteiger partial charge in [-0.15, -0.1) is 13.2 Å². The summed E-state index contributed by atoms with van der Waals surface area (Å²) in [5, 5.41) is 5.65. The Labute approximate surface area is 270 Å². The zero-order chi connectivity index (χ0) is 32.6. The van der Waals surface area contributed by atoms with Gasteiger partial charge in [-0.2, -0.15) is 0 Å². The number of halogens is 4. The molecule has 0 saturated carbocycles. The van der Waals surface area contributed by atoms with Crippen molar-refractivity contribution in [2.45, 2.75) is 25.2 Å². The van der Waals surface area contributed by atoms with Gasteiger partial charge in [-0.25, -0.2) is 0 Å². The smallest absolute Gasteiger partial charge is 0.497 e. The van der Waals surface area contributed by atoms with Crippen LogP contribution in [0.1, 0.15) is 38.7 Å². The van der Waals surface area contributed by atoms with E-state index in [1.54, 1.807) is 48.5 Å². The molecular formula is C33H28BrF3N4O5. The van der Waals surface area contributed by atoms with E-state index in [2.05, 4.69) is 36.2 Å². The molecule has 3 aromatic carbocycles. The predicted octanol–water partition coefficient (Wildman–Crippen LogP) is 6.65. The molecule has 2 aliphatic rings. The Morgan fingerprint density at radius 3 is 2.39 bits per heavy atom. The van der Waals surface area contributed by atoms with Gasteiger partial charge >= 0.3 is 6.36 Å². The molecule has 2 amide bonds. The van der Waals surface area contributed by atoms with Crippen LogP contribution >= 0.6 is 15.9 Å². The Morgan fingerprint density at radius 2 is 1.65 bits per heavy atom. The lowest BCUT2D eigenvalue weighted by Crippen LogP contribution is -2.47. The molecule has 2 bridgehead atoms. The van der Waals surface area contributed by atoms with Crippen molar-refractivity contribution < 1.29 is 32.2 Å². The van der Waals surface area contributed by atoms with Gasteiger partial charge in [-0.3, -0.25) is 14.4 Å². The lowest BCUT2D eigenvalue weighted by molar-refractivity contribution is -0.274. The summed E-state index contributed by atoms with van der Waals surface area (Å²) in [6, 6.07) is 20.1. The van der Waals surface area contributed by atoms with Crippen LogP contribution in [0.5, 0.6) is 11.5 Å². The number of pyridine rings is 1. The molecule has 0 spiro atoms. The number of carbonyl (C=O) groups excluding carboxylic acids is 2. The van der Waals surface area contributed by atoms with E-state index in [0.717, 1.165) is 24.2 Å². The quantitative estimate of drug-likeness (QED) is 0.225. The number of nitrogens with zero attached hydrogens (tertiary/aromatic N) is 2. The Morgan fingerprint density at radius 1 is 0.891 bits per heavy atom. The highest BCUT2D eigenvalue weighted by atomic mass is 79.9. The lowest BCUT2D eigenvalue weighted by Gasteiger charge is -2.44. The SMILES string of the molecule is COc1ccc(Br)c(C(=O)Nc2cc(C(=O)Nc3ccc(OC(F)(F)F)cc3)ccc2N2C[C@H]3C[C@@H](C2)c2cccc(=O)n2C3)c1. The molecule has 0 aliphatic carbocycles. The monoisotopic (exact) mass is 696 g/mol. The van der Waals surface area contributed by atoms with Crippen LogP contribution in [0.25, 0.3) is 0 Å². The molecule has 0 unspecified atom stereocenters. The standard InChI is InChI=1S/C33H28BrF3N4O5/c1-45-24-10-11-26(34)25(15-24)32(44)39-27-14-20(31(43)38-22-6-8-23(9-7-22)46-33(35,36)37)5-12-29(27)40-16-19-13-21(18-40)28-3-2-4-30(42)41(28)17-19/h2-12,14-15,19,21H,13,16-18H2,1H3,(H,38,43)(H,39,44)/t19-,21+/m1/s1. The average Bonchev–Trinajstić information content (AvgIpc) is 3.02. The number of benzene rings is 3. The summed E-state index contributed by atoms with van der Waals surface area (Å²) < 4.78 is 49.2. The fourth-order valence-corrected chi connectivity index (χ4v) is 6.51. The average molecular weight is 698 g/mol.